The maximum Gasteiger partial charge on any atom is 0.173 e. The average molecular weight is 387 g/mol. The number of carbonyl (C=O) groups is 2. The minimum Gasteiger partial charge on any atom is -0.457 e. The Labute approximate surface area is 150 Å². The van der Waals surface area contributed by atoms with Crippen molar-refractivity contribution in [1.29, 1.82) is 0 Å². The van der Waals surface area contributed by atoms with Gasteiger partial charge in [0.15, 0.2) is 11.6 Å². The summed E-state index contributed by atoms with van der Waals surface area (Å²) in [5.74, 6) is 1.59. The summed E-state index contributed by atoms with van der Waals surface area (Å²) in [6, 6.07) is 11.2. The van der Waals surface area contributed by atoms with Crippen LogP contribution < -0.4 is 4.74 Å². The Bertz CT molecular complexity index is 837. The lowest BCUT2D eigenvalue weighted by Gasteiger charge is -2.35. The summed E-state index contributed by atoms with van der Waals surface area (Å²) in [6.45, 7) is 6.08. The van der Waals surface area contributed by atoms with Crippen LogP contribution >= 0.6 is 15.9 Å². The SMILES string of the molecule is CCC(=O)c1ccc2c(c1)C(C)(C)c1ccc(C(=O)CBr)cc1O2. The zero-order chi connectivity index (χ0) is 17.5. The summed E-state index contributed by atoms with van der Waals surface area (Å²) in [6.07, 6.45) is 0.481. The molecule has 1 aliphatic rings. The summed E-state index contributed by atoms with van der Waals surface area (Å²) >= 11 is 3.20. The number of benzene rings is 2. The minimum absolute atomic E-state index is 0.0221. The van der Waals surface area contributed by atoms with E-state index in [1.54, 1.807) is 12.1 Å². The quantitative estimate of drug-likeness (QED) is 0.529. The van der Waals surface area contributed by atoms with Gasteiger partial charge in [0.25, 0.3) is 0 Å². The molecule has 24 heavy (non-hydrogen) atoms. The molecule has 2 aromatic rings. The lowest BCUT2D eigenvalue weighted by atomic mass is 9.75. The Morgan fingerprint density at radius 2 is 1.62 bits per heavy atom. The molecule has 0 atom stereocenters. The van der Waals surface area contributed by atoms with E-state index >= 15 is 0 Å². The van der Waals surface area contributed by atoms with E-state index in [9.17, 15) is 9.59 Å². The maximum atomic E-state index is 12.0. The molecule has 0 bridgehead atoms. The number of rotatable bonds is 4. The van der Waals surface area contributed by atoms with Crippen LogP contribution in [0.4, 0.5) is 0 Å². The molecule has 0 saturated heterocycles. The zero-order valence-corrected chi connectivity index (χ0v) is 15.6. The topological polar surface area (TPSA) is 43.4 Å². The standard InChI is InChI=1S/C20H19BrO3/c1-4-16(22)12-6-8-18-15(9-12)20(2,3)14-7-5-13(17(23)11-21)10-19(14)24-18/h5-10H,4,11H2,1-3H3. The van der Waals surface area contributed by atoms with Crippen LogP contribution in [-0.4, -0.2) is 16.9 Å². The number of halogens is 1. The fourth-order valence-corrected chi connectivity index (χ4v) is 3.45. The van der Waals surface area contributed by atoms with Gasteiger partial charge in [0.2, 0.25) is 0 Å². The molecule has 0 saturated carbocycles. The molecule has 0 unspecified atom stereocenters. The van der Waals surface area contributed by atoms with E-state index in [0.717, 1.165) is 16.9 Å². The van der Waals surface area contributed by atoms with E-state index < -0.39 is 0 Å². The number of ketones is 2. The molecule has 1 aliphatic heterocycles. The molecular weight excluding hydrogens is 368 g/mol. The summed E-state index contributed by atoms with van der Waals surface area (Å²) < 4.78 is 6.04. The first-order valence-corrected chi connectivity index (χ1v) is 9.10. The molecule has 3 rings (SSSR count). The second kappa shape index (κ2) is 6.17. The normalized spacial score (nSPS) is 14.3. The second-order valence-electron chi connectivity index (χ2n) is 6.48. The van der Waals surface area contributed by atoms with Gasteiger partial charge in [-0.15, -0.1) is 0 Å². The monoisotopic (exact) mass is 386 g/mol. The van der Waals surface area contributed by atoms with Crippen LogP contribution in [0, 0.1) is 0 Å². The van der Waals surface area contributed by atoms with Crippen LogP contribution in [-0.2, 0) is 5.41 Å². The van der Waals surface area contributed by atoms with Crippen molar-refractivity contribution in [2.24, 2.45) is 0 Å². The Morgan fingerprint density at radius 1 is 0.958 bits per heavy atom. The number of alkyl halides is 1. The van der Waals surface area contributed by atoms with E-state index in [0.29, 0.717) is 23.3 Å². The van der Waals surface area contributed by atoms with Gasteiger partial charge in [-0.25, -0.2) is 0 Å². The van der Waals surface area contributed by atoms with E-state index in [1.807, 2.05) is 31.2 Å². The molecule has 0 aliphatic carbocycles. The second-order valence-corrected chi connectivity index (χ2v) is 7.04. The van der Waals surface area contributed by atoms with Crippen LogP contribution in [0.5, 0.6) is 11.5 Å². The highest BCUT2D eigenvalue weighted by atomic mass is 79.9. The van der Waals surface area contributed by atoms with Crippen LogP contribution in [0.2, 0.25) is 0 Å². The Hall–Kier alpha value is -1.94. The summed E-state index contributed by atoms with van der Waals surface area (Å²) in [7, 11) is 0. The van der Waals surface area contributed by atoms with Crippen molar-refractivity contribution in [3.63, 3.8) is 0 Å². The molecule has 0 spiro atoms. The molecule has 0 radical (unpaired) electrons. The van der Waals surface area contributed by atoms with Gasteiger partial charge in [-0.1, -0.05) is 48.8 Å². The number of hydrogen-bond acceptors (Lipinski definition) is 3. The van der Waals surface area contributed by atoms with E-state index in [2.05, 4.69) is 29.8 Å². The molecular formula is C20H19BrO3. The van der Waals surface area contributed by atoms with E-state index in [1.165, 1.54) is 0 Å². The highest BCUT2D eigenvalue weighted by Gasteiger charge is 2.35. The number of ether oxygens (including phenoxy) is 1. The highest BCUT2D eigenvalue weighted by molar-refractivity contribution is 9.09. The molecule has 2 aromatic carbocycles. The number of hydrogen-bond donors (Lipinski definition) is 0. The first kappa shape index (κ1) is 16.9. The molecule has 0 N–H and O–H groups in total. The molecule has 1 heterocycles. The van der Waals surface area contributed by atoms with Gasteiger partial charge < -0.3 is 4.74 Å². The third-order valence-corrected chi connectivity index (χ3v) is 5.12. The van der Waals surface area contributed by atoms with Gasteiger partial charge in [0, 0.05) is 34.1 Å². The average Bonchev–Trinajstić information content (AvgIpc) is 2.59. The zero-order valence-electron chi connectivity index (χ0n) is 14.0. The Balaban J connectivity index is 2.11. The first-order chi connectivity index (χ1) is 11.4. The van der Waals surface area contributed by atoms with E-state index in [4.69, 9.17) is 4.74 Å². The first-order valence-electron chi connectivity index (χ1n) is 7.97. The van der Waals surface area contributed by atoms with Gasteiger partial charge in [-0.2, -0.15) is 0 Å². The maximum absolute atomic E-state index is 12.0. The minimum atomic E-state index is -0.303. The van der Waals surface area contributed by atoms with Crippen molar-refractivity contribution < 1.29 is 14.3 Å². The van der Waals surface area contributed by atoms with Crippen LogP contribution in [0.1, 0.15) is 59.0 Å². The van der Waals surface area contributed by atoms with Crippen molar-refractivity contribution in [3.8, 4) is 11.5 Å². The van der Waals surface area contributed by atoms with Crippen LogP contribution in [0.25, 0.3) is 0 Å². The molecule has 0 fully saturated rings. The van der Waals surface area contributed by atoms with E-state index in [-0.39, 0.29) is 22.3 Å². The Morgan fingerprint density at radius 3 is 2.29 bits per heavy atom. The summed E-state index contributed by atoms with van der Waals surface area (Å²) in [5.41, 5.74) is 3.05. The van der Waals surface area contributed by atoms with Gasteiger partial charge in [-0.3, -0.25) is 9.59 Å². The lowest BCUT2D eigenvalue weighted by molar-refractivity contribution is 0.0986. The predicted octanol–water partition coefficient (Wildman–Crippen LogP) is 5.29. The van der Waals surface area contributed by atoms with Crippen molar-refractivity contribution >= 4 is 27.5 Å². The van der Waals surface area contributed by atoms with Gasteiger partial charge in [0.1, 0.15) is 11.5 Å². The fourth-order valence-electron chi connectivity index (χ4n) is 3.12. The van der Waals surface area contributed by atoms with Crippen molar-refractivity contribution in [2.75, 3.05) is 5.33 Å². The number of fused-ring (bicyclic) bond motifs is 2. The van der Waals surface area contributed by atoms with Crippen LogP contribution in [0.3, 0.4) is 0 Å². The lowest BCUT2D eigenvalue weighted by Crippen LogP contribution is -2.25. The van der Waals surface area contributed by atoms with Gasteiger partial charge >= 0.3 is 0 Å². The van der Waals surface area contributed by atoms with Crippen LogP contribution in [0.15, 0.2) is 36.4 Å². The van der Waals surface area contributed by atoms with Gasteiger partial charge in [0.05, 0.1) is 5.33 Å². The highest BCUT2D eigenvalue weighted by Crippen LogP contribution is 2.48. The number of carbonyl (C=O) groups excluding carboxylic acids is 2. The predicted molar refractivity (Wildman–Crippen MR) is 97.8 cm³/mol. The Kier molecular flexibility index (Phi) is 4.35. The molecule has 4 heteroatoms. The van der Waals surface area contributed by atoms with Crippen molar-refractivity contribution in [2.45, 2.75) is 32.6 Å². The number of Topliss-reactive ketones (excluding diaryl/α,β-unsaturated/α-hetero) is 2. The smallest absolute Gasteiger partial charge is 0.173 e. The van der Waals surface area contributed by atoms with Crippen molar-refractivity contribution in [1.82, 2.24) is 0 Å². The molecule has 0 amide bonds. The van der Waals surface area contributed by atoms with Crippen molar-refractivity contribution in [3.05, 3.63) is 58.7 Å². The largest absolute Gasteiger partial charge is 0.457 e. The summed E-state index contributed by atoms with van der Waals surface area (Å²) in [4.78, 5) is 23.9. The third kappa shape index (κ3) is 2.69. The summed E-state index contributed by atoms with van der Waals surface area (Å²) in [5, 5.41) is 0.286. The molecule has 3 nitrogen and oxygen atoms in total. The third-order valence-electron chi connectivity index (χ3n) is 4.61. The molecule has 124 valence electrons. The fraction of sp³-hybridized carbons (Fsp3) is 0.300. The van der Waals surface area contributed by atoms with Gasteiger partial charge in [-0.05, 0) is 24.3 Å². The molecule has 0 aromatic heterocycles.